The van der Waals surface area contributed by atoms with Crippen LogP contribution in [-0.2, 0) is 6.61 Å². The van der Waals surface area contributed by atoms with Crippen molar-refractivity contribution in [1.29, 1.82) is 0 Å². The summed E-state index contributed by atoms with van der Waals surface area (Å²) in [6, 6.07) is 17.2. The van der Waals surface area contributed by atoms with Crippen LogP contribution in [0.5, 0.6) is 5.75 Å². The molecule has 0 fully saturated rings. The molecule has 0 aromatic heterocycles. The van der Waals surface area contributed by atoms with E-state index in [0.717, 1.165) is 5.56 Å². The standard InChI is InChI=1S/C16H15BrO2/c1-12(17)16(18)14-8-5-9-15(10-14)19-11-13-6-3-2-4-7-13/h2-10,12H,11H2,1H3. The topological polar surface area (TPSA) is 26.3 Å². The second-order valence-electron chi connectivity index (χ2n) is 4.28. The average Bonchev–Trinajstić information content (AvgIpc) is 2.45. The molecule has 3 heteroatoms. The minimum atomic E-state index is -0.183. The van der Waals surface area contributed by atoms with Gasteiger partial charge in [0.15, 0.2) is 5.78 Å². The van der Waals surface area contributed by atoms with E-state index in [-0.39, 0.29) is 10.6 Å². The van der Waals surface area contributed by atoms with Crippen LogP contribution in [0.2, 0.25) is 0 Å². The van der Waals surface area contributed by atoms with Gasteiger partial charge in [-0.25, -0.2) is 0 Å². The number of rotatable bonds is 5. The Labute approximate surface area is 121 Å². The Morgan fingerprint density at radius 3 is 2.58 bits per heavy atom. The van der Waals surface area contributed by atoms with Crippen LogP contribution in [0.3, 0.4) is 0 Å². The molecule has 0 aliphatic heterocycles. The molecule has 0 spiro atoms. The van der Waals surface area contributed by atoms with E-state index in [1.807, 2.05) is 49.4 Å². The van der Waals surface area contributed by atoms with Gasteiger partial charge in [0.2, 0.25) is 0 Å². The van der Waals surface area contributed by atoms with Crippen molar-refractivity contribution in [2.75, 3.05) is 0 Å². The van der Waals surface area contributed by atoms with Gasteiger partial charge in [-0.2, -0.15) is 0 Å². The molecule has 0 N–H and O–H groups in total. The fourth-order valence-electron chi connectivity index (χ4n) is 1.71. The van der Waals surface area contributed by atoms with E-state index in [2.05, 4.69) is 15.9 Å². The summed E-state index contributed by atoms with van der Waals surface area (Å²) in [5.41, 5.74) is 1.77. The first kappa shape index (κ1) is 13.8. The van der Waals surface area contributed by atoms with Crippen LogP contribution in [0.4, 0.5) is 0 Å². The molecule has 2 aromatic carbocycles. The molecule has 0 aliphatic rings. The average molecular weight is 319 g/mol. The van der Waals surface area contributed by atoms with Crippen LogP contribution in [0, 0.1) is 0 Å². The number of benzene rings is 2. The second kappa shape index (κ2) is 6.53. The zero-order chi connectivity index (χ0) is 13.7. The van der Waals surface area contributed by atoms with E-state index in [0.29, 0.717) is 17.9 Å². The molecule has 2 rings (SSSR count). The van der Waals surface area contributed by atoms with Gasteiger partial charge in [0.1, 0.15) is 12.4 Å². The Morgan fingerprint density at radius 1 is 1.16 bits per heavy atom. The van der Waals surface area contributed by atoms with Gasteiger partial charge in [0.05, 0.1) is 4.83 Å². The molecule has 0 heterocycles. The highest BCUT2D eigenvalue weighted by Crippen LogP contribution is 2.18. The number of carbonyl (C=O) groups is 1. The summed E-state index contributed by atoms with van der Waals surface area (Å²) in [6.45, 7) is 2.32. The van der Waals surface area contributed by atoms with Gasteiger partial charge in [-0.1, -0.05) is 58.4 Å². The maximum absolute atomic E-state index is 11.9. The van der Waals surface area contributed by atoms with E-state index in [1.54, 1.807) is 12.1 Å². The highest BCUT2D eigenvalue weighted by atomic mass is 79.9. The summed E-state index contributed by atoms with van der Waals surface area (Å²) < 4.78 is 5.70. The maximum atomic E-state index is 11.9. The highest BCUT2D eigenvalue weighted by molar-refractivity contribution is 9.10. The van der Waals surface area contributed by atoms with Crippen molar-refractivity contribution in [3.63, 3.8) is 0 Å². The van der Waals surface area contributed by atoms with Crippen LogP contribution in [0.15, 0.2) is 54.6 Å². The molecule has 2 nitrogen and oxygen atoms in total. The fourth-order valence-corrected chi connectivity index (χ4v) is 1.97. The minimum absolute atomic E-state index is 0.0603. The Balaban J connectivity index is 2.05. The third-order valence-electron chi connectivity index (χ3n) is 2.73. The minimum Gasteiger partial charge on any atom is -0.489 e. The number of carbonyl (C=O) groups excluding carboxylic acids is 1. The van der Waals surface area contributed by atoms with Gasteiger partial charge in [0, 0.05) is 5.56 Å². The van der Waals surface area contributed by atoms with E-state index in [4.69, 9.17) is 4.74 Å². The lowest BCUT2D eigenvalue weighted by molar-refractivity contribution is 0.0995. The van der Waals surface area contributed by atoms with Crippen molar-refractivity contribution in [2.24, 2.45) is 0 Å². The molecule has 0 saturated heterocycles. The SMILES string of the molecule is CC(Br)C(=O)c1cccc(OCc2ccccc2)c1. The molecule has 0 amide bonds. The lowest BCUT2D eigenvalue weighted by atomic mass is 10.1. The van der Waals surface area contributed by atoms with Crippen LogP contribution in [-0.4, -0.2) is 10.6 Å². The predicted molar refractivity (Wildman–Crippen MR) is 79.9 cm³/mol. The maximum Gasteiger partial charge on any atom is 0.176 e. The normalized spacial score (nSPS) is 11.9. The fraction of sp³-hybridized carbons (Fsp3) is 0.188. The third kappa shape index (κ3) is 3.93. The van der Waals surface area contributed by atoms with E-state index in [9.17, 15) is 4.79 Å². The van der Waals surface area contributed by atoms with Crippen molar-refractivity contribution >= 4 is 21.7 Å². The Morgan fingerprint density at radius 2 is 1.89 bits per heavy atom. The molecule has 98 valence electrons. The molecule has 0 saturated carbocycles. The smallest absolute Gasteiger partial charge is 0.176 e. The number of hydrogen-bond donors (Lipinski definition) is 0. The zero-order valence-electron chi connectivity index (χ0n) is 10.7. The van der Waals surface area contributed by atoms with Gasteiger partial charge in [-0.3, -0.25) is 4.79 Å². The molecule has 1 atom stereocenters. The van der Waals surface area contributed by atoms with Crippen LogP contribution >= 0.6 is 15.9 Å². The largest absolute Gasteiger partial charge is 0.489 e. The summed E-state index contributed by atoms with van der Waals surface area (Å²) in [6.07, 6.45) is 0. The van der Waals surface area contributed by atoms with Gasteiger partial charge in [-0.15, -0.1) is 0 Å². The first-order valence-corrected chi connectivity index (χ1v) is 7.03. The summed E-state index contributed by atoms with van der Waals surface area (Å²) in [7, 11) is 0. The number of Topliss-reactive ketones (excluding diaryl/α,β-unsaturated/α-hetero) is 1. The van der Waals surface area contributed by atoms with Gasteiger partial charge in [0.25, 0.3) is 0 Å². The first-order valence-electron chi connectivity index (χ1n) is 6.12. The number of ether oxygens (including phenoxy) is 1. The Bertz CT molecular complexity index is 550. The summed E-state index contributed by atoms with van der Waals surface area (Å²) in [5.74, 6) is 0.771. The molecule has 0 bridgehead atoms. The highest BCUT2D eigenvalue weighted by Gasteiger charge is 2.12. The van der Waals surface area contributed by atoms with Crippen molar-refractivity contribution in [2.45, 2.75) is 18.4 Å². The molecule has 0 aliphatic carbocycles. The molecular formula is C16H15BrO2. The summed E-state index contributed by atoms with van der Waals surface area (Å²) >= 11 is 3.29. The van der Waals surface area contributed by atoms with Gasteiger partial charge < -0.3 is 4.74 Å². The lowest BCUT2D eigenvalue weighted by Crippen LogP contribution is -2.09. The van der Waals surface area contributed by atoms with E-state index < -0.39 is 0 Å². The molecule has 2 aromatic rings. The molecular weight excluding hydrogens is 304 g/mol. The number of halogens is 1. The zero-order valence-corrected chi connectivity index (χ0v) is 12.3. The van der Waals surface area contributed by atoms with Crippen molar-refractivity contribution in [3.05, 3.63) is 65.7 Å². The molecule has 0 radical (unpaired) electrons. The van der Waals surface area contributed by atoms with E-state index >= 15 is 0 Å². The van der Waals surface area contributed by atoms with Crippen LogP contribution in [0.1, 0.15) is 22.8 Å². The third-order valence-corrected chi connectivity index (χ3v) is 3.14. The number of alkyl halides is 1. The van der Waals surface area contributed by atoms with E-state index in [1.165, 1.54) is 0 Å². The number of ketones is 1. The van der Waals surface area contributed by atoms with Crippen molar-refractivity contribution < 1.29 is 9.53 Å². The number of hydrogen-bond acceptors (Lipinski definition) is 2. The van der Waals surface area contributed by atoms with Crippen molar-refractivity contribution in [3.8, 4) is 5.75 Å². The van der Waals surface area contributed by atoms with Crippen LogP contribution < -0.4 is 4.74 Å². The van der Waals surface area contributed by atoms with Crippen molar-refractivity contribution in [1.82, 2.24) is 0 Å². The van der Waals surface area contributed by atoms with Gasteiger partial charge >= 0.3 is 0 Å². The predicted octanol–water partition coefficient (Wildman–Crippen LogP) is 4.23. The second-order valence-corrected chi connectivity index (χ2v) is 5.66. The summed E-state index contributed by atoms with van der Waals surface area (Å²) in [5, 5.41) is 0. The first-order chi connectivity index (χ1) is 9.16. The monoisotopic (exact) mass is 318 g/mol. The molecule has 1 unspecified atom stereocenters. The quantitative estimate of drug-likeness (QED) is 0.609. The Kier molecular flexibility index (Phi) is 4.74. The molecule has 19 heavy (non-hydrogen) atoms. The Hall–Kier alpha value is -1.61. The lowest BCUT2D eigenvalue weighted by Gasteiger charge is -2.08. The summed E-state index contributed by atoms with van der Waals surface area (Å²) in [4.78, 5) is 11.7. The van der Waals surface area contributed by atoms with Crippen LogP contribution in [0.25, 0.3) is 0 Å². The van der Waals surface area contributed by atoms with Gasteiger partial charge in [-0.05, 0) is 24.6 Å².